The number of nitrogens with one attached hydrogen (secondary N) is 1. The number of piperidine rings is 1. The molecule has 6 rings (SSSR count). The van der Waals surface area contributed by atoms with Gasteiger partial charge in [-0.25, -0.2) is 0 Å². The minimum atomic E-state index is 0.0587. The summed E-state index contributed by atoms with van der Waals surface area (Å²) in [5.74, 6) is 0.815. The fourth-order valence-corrected chi connectivity index (χ4v) is 5.81. The molecule has 1 aromatic heterocycles. The van der Waals surface area contributed by atoms with E-state index in [1.807, 2.05) is 41.3 Å². The first-order valence-electron chi connectivity index (χ1n) is 12.5. The Morgan fingerprint density at radius 1 is 0.914 bits per heavy atom. The molecule has 0 bridgehead atoms. The highest BCUT2D eigenvalue weighted by Gasteiger charge is 2.46. The quantitative estimate of drug-likeness (QED) is 0.604. The van der Waals surface area contributed by atoms with Crippen LogP contribution in [0.4, 0.5) is 0 Å². The van der Waals surface area contributed by atoms with E-state index in [0.29, 0.717) is 28.9 Å². The standard InChI is InChI=1S/C26H29ClN6O2/c27-19-4-1-17(2-5-19)21-16-22(21)26(35)33-13-11-31(12-14-33)20-7-9-32(10-8-20)25(34)18-3-6-23-24(15-18)29-30-28-23/h1-6,15,20-22H,7-14,16H2,(H,28,29,30). The van der Waals surface area contributed by atoms with E-state index in [4.69, 9.17) is 11.6 Å². The summed E-state index contributed by atoms with van der Waals surface area (Å²) in [6.07, 6.45) is 2.87. The van der Waals surface area contributed by atoms with Gasteiger partial charge in [-0.3, -0.25) is 19.6 Å². The molecular weight excluding hydrogens is 464 g/mol. The molecule has 35 heavy (non-hydrogen) atoms. The van der Waals surface area contributed by atoms with E-state index in [-0.39, 0.29) is 11.8 Å². The predicted molar refractivity (Wildman–Crippen MR) is 133 cm³/mol. The van der Waals surface area contributed by atoms with Gasteiger partial charge in [-0.15, -0.1) is 5.10 Å². The van der Waals surface area contributed by atoms with Gasteiger partial charge < -0.3 is 9.80 Å². The number of halogens is 1. The highest BCUT2D eigenvalue weighted by atomic mass is 35.5. The lowest BCUT2D eigenvalue weighted by Crippen LogP contribution is -2.55. The van der Waals surface area contributed by atoms with Crippen molar-refractivity contribution in [3.63, 3.8) is 0 Å². The van der Waals surface area contributed by atoms with Crippen molar-refractivity contribution < 1.29 is 9.59 Å². The largest absolute Gasteiger partial charge is 0.340 e. The summed E-state index contributed by atoms with van der Waals surface area (Å²) in [5.41, 5.74) is 3.42. The zero-order valence-corrected chi connectivity index (χ0v) is 20.3. The van der Waals surface area contributed by atoms with Crippen LogP contribution in [0.1, 0.15) is 41.1 Å². The molecule has 2 unspecified atom stereocenters. The fourth-order valence-electron chi connectivity index (χ4n) is 5.68. The smallest absolute Gasteiger partial charge is 0.253 e. The SMILES string of the molecule is O=C(c1ccc2[nH]nnc2c1)N1CCC(N2CCN(C(=O)C3CC3c3ccc(Cl)cc3)CC2)CC1. The Hall–Kier alpha value is -2.97. The lowest BCUT2D eigenvalue weighted by Gasteiger charge is -2.43. The number of carbonyl (C=O) groups excluding carboxylic acids is 2. The van der Waals surface area contributed by atoms with Crippen LogP contribution in [0.3, 0.4) is 0 Å². The number of rotatable bonds is 4. The Bertz CT molecular complexity index is 1230. The number of aromatic amines is 1. The van der Waals surface area contributed by atoms with Gasteiger partial charge >= 0.3 is 0 Å². The van der Waals surface area contributed by atoms with Gasteiger partial charge in [0.1, 0.15) is 5.52 Å². The Kier molecular flexibility index (Phi) is 5.94. The van der Waals surface area contributed by atoms with E-state index in [9.17, 15) is 9.59 Å². The van der Waals surface area contributed by atoms with Gasteiger partial charge in [0.15, 0.2) is 0 Å². The molecule has 1 N–H and O–H groups in total. The number of amides is 2. The van der Waals surface area contributed by atoms with Gasteiger partial charge in [0.2, 0.25) is 5.91 Å². The summed E-state index contributed by atoms with van der Waals surface area (Å²) in [6.45, 7) is 4.91. The monoisotopic (exact) mass is 492 g/mol. The van der Waals surface area contributed by atoms with Crippen LogP contribution in [-0.2, 0) is 4.79 Å². The number of hydrogen-bond donors (Lipinski definition) is 1. The second-order valence-corrected chi connectivity index (χ2v) is 10.4. The molecule has 8 nitrogen and oxygen atoms in total. The van der Waals surface area contributed by atoms with Crippen LogP contribution in [-0.4, -0.2) is 87.2 Å². The summed E-state index contributed by atoms with van der Waals surface area (Å²) in [6, 6.07) is 13.9. The van der Waals surface area contributed by atoms with Crippen molar-refractivity contribution in [2.24, 2.45) is 5.92 Å². The summed E-state index contributed by atoms with van der Waals surface area (Å²) >= 11 is 6.00. The molecule has 1 saturated carbocycles. The third-order valence-corrected chi connectivity index (χ3v) is 8.12. The third kappa shape index (κ3) is 4.52. The average molecular weight is 493 g/mol. The maximum Gasteiger partial charge on any atom is 0.253 e. The Labute approximate surface area is 209 Å². The second-order valence-electron chi connectivity index (χ2n) is 9.93. The van der Waals surface area contributed by atoms with Crippen LogP contribution < -0.4 is 0 Å². The van der Waals surface area contributed by atoms with Crippen LogP contribution >= 0.6 is 11.6 Å². The van der Waals surface area contributed by atoms with Crippen LogP contribution in [0.5, 0.6) is 0 Å². The molecule has 3 aromatic rings. The van der Waals surface area contributed by atoms with E-state index in [2.05, 4.69) is 25.2 Å². The van der Waals surface area contributed by atoms with Gasteiger partial charge in [0, 0.05) is 61.8 Å². The first-order chi connectivity index (χ1) is 17.1. The lowest BCUT2D eigenvalue weighted by molar-refractivity contribution is -0.134. The number of nitrogens with zero attached hydrogens (tertiary/aromatic N) is 5. The molecule has 182 valence electrons. The van der Waals surface area contributed by atoms with E-state index in [1.54, 1.807) is 6.07 Å². The Morgan fingerprint density at radius 2 is 1.66 bits per heavy atom. The van der Waals surface area contributed by atoms with E-state index >= 15 is 0 Å². The average Bonchev–Trinajstić information content (AvgIpc) is 3.56. The van der Waals surface area contributed by atoms with Crippen molar-refractivity contribution in [2.45, 2.75) is 31.2 Å². The molecule has 2 aliphatic heterocycles. The normalized spacial score (nSPS) is 23.6. The highest BCUT2D eigenvalue weighted by Crippen LogP contribution is 2.48. The first kappa shape index (κ1) is 22.5. The third-order valence-electron chi connectivity index (χ3n) is 7.87. The summed E-state index contributed by atoms with van der Waals surface area (Å²) in [5, 5.41) is 11.4. The maximum absolute atomic E-state index is 13.0. The van der Waals surface area contributed by atoms with Crippen LogP contribution in [0, 0.1) is 5.92 Å². The van der Waals surface area contributed by atoms with Crippen LogP contribution in [0.15, 0.2) is 42.5 Å². The molecule has 9 heteroatoms. The van der Waals surface area contributed by atoms with Gasteiger partial charge in [-0.2, -0.15) is 0 Å². The molecule has 2 atom stereocenters. The van der Waals surface area contributed by atoms with Crippen molar-refractivity contribution in [2.75, 3.05) is 39.3 Å². The zero-order valence-electron chi connectivity index (χ0n) is 19.6. The number of carbonyl (C=O) groups is 2. The van der Waals surface area contributed by atoms with E-state index < -0.39 is 0 Å². The van der Waals surface area contributed by atoms with Crippen molar-refractivity contribution >= 4 is 34.4 Å². The van der Waals surface area contributed by atoms with Crippen molar-refractivity contribution in [3.8, 4) is 0 Å². The topological polar surface area (TPSA) is 85.4 Å². The molecule has 0 radical (unpaired) electrons. The Balaban J connectivity index is 0.978. The number of H-pyrrole nitrogens is 1. The van der Waals surface area contributed by atoms with Crippen molar-refractivity contribution in [1.82, 2.24) is 30.1 Å². The van der Waals surface area contributed by atoms with Crippen molar-refractivity contribution in [1.29, 1.82) is 0 Å². The minimum Gasteiger partial charge on any atom is -0.340 e. The number of benzene rings is 2. The number of aromatic nitrogens is 3. The minimum absolute atomic E-state index is 0.0587. The van der Waals surface area contributed by atoms with Crippen LogP contribution in [0.2, 0.25) is 5.02 Å². The van der Waals surface area contributed by atoms with Crippen molar-refractivity contribution in [3.05, 3.63) is 58.6 Å². The van der Waals surface area contributed by atoms with Gasteiger partial charge in [-0.05, 0) is 61.1 Å². The highest BCUT2D eigenvalue weighted by molar-refractivity contribution is 6.30. The molecular formula is C26H29ClN6O2. The lowest BCUT2D eigenvalue weighted by atomic mass is 10.0. The number of piperazine rings is 1. The summed E-state index contributed by atoms with van der Waals surface area (Å²) in [7, 11) is 0. The molecule has 0 spiro atoms. The maximum atomic E-state index is 13.0. The molecule has 3 fully saturated rings. The molecule has 2 saturated heterocycles. The van der Waals surface area contributed by atoms with E-state index in [1.165, 1.54) is 5.56 Å². The first-order valence-corrected chi connectivity index (χ1v) is 12.8. The second kappa shape index (κ2) is 9.24. The molecule has 3 aliphatic rings. The summed E-state index contributed by atoms with van der Waals surface area (Å²) in [4.78, 5) is 32.5. The molecule has 2 amide bonds. The zero-order chi connectivity index (χ0) is 23.9. The molecule has 2 aromatic carbocycles. The Morgan fingerprint density at radius 3 is 2.40 bits per heavy atom. The number of likely N-dealkylation sites (tertiary alicyclic amines) is 1. The molecule has 1 aliphatic carbocycles. The fraction of sp³-hybridized carbons (Fsp3) is 0.462. The predicted octanol–water partition coefficient (Wildman–Crippen LogP) is 3.16. The molecule has 3 heterocycles. The van der Waals surface area contributed by atoms with Gasteiger partial charge in [0.05, 0.1) is 5.52 Å². The number of hydrogen-bond acceptors (Lipinski definition) is 5. The van der Waals surface area contributed by atoms with Crippen LogP contribution in [0.25, 0.3) is 11.0 Å². The van der Waals surface area contributed by atoms with Gasteiger partial charge in [-0.1, -0.05) is 28.9 Å². The summed E-state index contributed by atoms with van der Waals surface area (Å²) < 4.78 is 0. The number of fused-ring (bicyclic) bond motifs is 1. The van der Waals surface area contributed by atoms with Gasteiger partial charge in [0.25, 0.3) is 5.91 Å². The van der Waals surface area contributed by atoms with E-state index in [0.717, 1.165) is 69.1 Å².